The van der Waals surface area contributed by atoms with Gasteiger partial charge in [-0.3, -0.25) is 9.58 Å². The van der Waals surface area contributed by atoms with Gasteiger partial charge in [-0.1, -0.05) is 18.1 Å². The van der Waals surface area contributed by atoms with Crippen LogP contribution < -0.4 is 5.32 Å². The van der Waals surface area contributed by atoms with E-state index in [9.17, 15) is 0 Å². The standard InChI is InChI=1S/C14H25N5/c1-15-13(12-11-16-17-18(12)2)14(7-3-4-8-14)19-9-5-6-10-19/h11,13,15H,3-10H2,1-2H3. The maximum absolute atomic E-state index is 4.12. The summed E-state index contributed by atoms with van der Waals surface area (Å²) < 4.78 is 1.93. The van der Waals surface area contributed by atoms with Crippen LogP contribution in [0.3, 0.4) is 0 Å². The van der Waals surface area contributed by atoms with E-state index < -0.39 is 0 Å². The Morgan fingerprint density at radius 3 is 2.42 bits per heavy atom. The zero-order valence-electron chi connectivity index (χ0n) is 12.1. The van der Waals surface area contributed by atoms with Crippen LogP contribution in [-0.4, -0.2) is 45.6 Å². The molecule has 1 N–H and O–H groups in total. The average molecular weight is 263 g/mol. The average Bonchev–Trinajstić information content (AvgIpc) is 3.12. The third-order valence-electron chi connectivity index (χ3n) is 5.08. The lowest BCUT2D eigenvalue weighted by molar-refractivity contribution is 0.0764. The molecule has 1 saturated heterocycles. The van der Waals surface area contributed by atoms with Gasteiger partial charge in [-0.05, 0) is 45.8 Å². The lowest BCUT2D eigenvalue weighted by atomic mass is 9.84. The molecule has 0 radical (unpaired) electrons. The number of hydrogen-bond donors (Lipinski definition) is 1. The Labute approximate surface area is 115 Å². The van der Waals surface area contributed by atoms with Gasteiger partial charge in [0.05, 0.1) is 17.9 Å². The first-order chi connectivity index (χ1) is 9.28. The van der Waals surface area contributed by atoms with Crippen LogP contribution in [0.25, 0.3) is 0 Å². The Morgan fingerprint density at radius 1 is 1.21 bits per heavy atom. The molecule has 1 aliphatic heterocycles. The van der Waals surface area contributed by atoms with E-state index in [0.29, 0.717) is 6.04 Å². The fourth-order valence-corrected chi connectivity index (χ4v) is 4.19. The van der Waals surface area contributed by atoms with Crippen molar-refractivity contribution >= 4 is 0 Å². The highest BCUT2D eigenvalue weighted by atomic mass is 15.4. The Hall–Kier alpha value is -0.940. The molecule has 2 fully saturated rings. The van der Waals surface area contributed by atoms with Crippen molar-refractivity contribution < 1.29 is 0 Å². The summed E-state index contributed by atoms with van der Waals surface area (Å²) in [6.45, 7) is 2.51. The van der Waals surface area contributed by atoms with Crippen molar-refractivity contribution in [3.63, 3.8) is 0 Å². The van der Waals surface area contributed by atoms with E-state index in [1.807, 2.05) is 17.9 Å². The van der Waals surface area contributed by atoms with Gasteiger partial charge >= 0.3 is 0 Å². The molecule has 5 heteroatoms. The lowest BCUT2D eigenvalue weighted by Gasteiger charge is -2.44. The van der Waals surface area contributed by atoms with E-state index in [2.05, 4.69) is 27.6 Å². The van der Waals surface area contributed by atoms with Crippen molar-refractivity contribution in [1.82, 2.24) is 25.2 Å². The molecular weight excluding hydrogens is 238 g/mol. The number of hydrogen-bond acceptors (Lipinski definition) is 4. The van der Waals surface area contributed by atoms with Crippen LogP contribution in [0, 0.1) is 0 Å². The van der Waals surface area contributed by atoms with Crippen molar-refractivity contribution in [3.05, 3.63) is 11.9 Å². The third-order valence-corrected chi connectivity index (χ3v) is 5.08. The smallest absolute Gasteiger partial charge is 0.0772 e. The monoisotopic (exact) mass is 263 g/mol. The zero-order chi connectivity index (χ0) is 13.3. The molecule has 0 bridgehead atoms. The first kappa shape index (κ1) is 13.1. The molecule has 1 unspecified atom stereocenters. The minimum atomic E-state index is 0.278. The Bertz CT molecular complexity index is 415. The molecule has 1 atom stereocenters. The highest BCUT2D eigenvalue weighted by molar-refractivity contribution is 5.15. The van der Waals surface area contributed by atoms with Gasteiger partial charge in [0.2, 0.25) is 0 Å². The highest BCUT2D eigenvalue weighted by Gasteiger charge is 2.47. The van der Waals surface area contributed by atoms with Crippen LogP contribution in [0.4, 0.5) is 0 Å². The molecule has 1 aliphatic carbocycles. The second-order valence-corrected chi connectivity index (χ2v) is 6.01. The van der Waals surface area contributed by atoms with Crippen molar-refractivity contribution in [2.75, 3.05) is 20.1 Å². The van der Waals surface area contributed by atoms with Crippen LogP contribution >= 0.6 is 0 Å². The summed E-state index contributed by atoms with van der Waals surface area (Å²) in [5.74, 6) is 0. The van der Waals surface area contributed by atoms with E-state index >= 15 is 0 Å². The molecule has 3 rings (SSSR count). The largest absolute Gasteiger partial charge is 0.310 e. The van der Waals surface area contributed by atoms with Crippen molar-refractivity contribution in [2.24, 2.45) is 7.05 Å². The van der Waals surface area contributed by atoms with E-state index in [1.54, 1.807) is 0 Å². The molecule has 2 aliphatic rings. The van der Waals surface area contributed by atoms with Gasteiger partial charge in [0.1, 0.15) is 0 Å². The maximum atomic E-state index is 4.12. The van der Waals surface area contributed by atoms with Crippen molar-refractivity contribution in [1.29, 1.82) is 0 Å². The summed E-state index contributed by atoms with van der Waals surface area (Å²) in [6, 6.07) is 0.341. The normalized spacial score (nSPS) is 24.9. The SMILES string of the molecule is CNC(c1cnnn1C)C1(N2CCCC2)CCCC1. The van der Waals surface area contributed by atoms with Crippen LogP contribution in [0.5, 0.6) is 0 Å². The topological polar surface area (TPSA) is 46.0 Å². The van der Waals surface area contributed by atoms with Crippen LogP contribution in [0.1, 0.15) is 50.3 Å². The molecule has 106 valence electrons. The second kappa shape index (κ2) is 5.21. The van der Waals surface area contributed by atoms with E-state index in [1.165, 1.54) is 57.3 Å². The number of aromatic nitrogens is 3. The van der Waals surface area contributed by atoms with Gasteiger partial charge in [0, 0.05) is 12.6 Å². The fraction of sp³-hybridized carbons (Fsp3) is 0.857. The predicted molar refractivity (Wildman–Crippen MR) is 74.8 cm³/mol. The maximum Gasteiger partial charge on any atom is 0.0772 e. The molecule has 1 saturated carbocycles. The zero-order valence-corrected chi connectivity index (χ0v) is 12.1. The quantitative estimate of drug-likeness (QED) is 0.894. The van der Waals surface area contributed by atoms with Gasteiger partial charge in [-0.2, -0.15) is 0 Å². The van der Waals surface area contributed by atoms with Gasteiger partial charge in [0.15, 0.2) is 0 Å². The molecule has 1 aromatic rings. The molecule has 0 amide bonds. The summed E-state index contributed by atoms with van der Waals surface area (Å²) in [4.78, 5) is 2.73. The number of rotatable bonds is 4. The van der Waals surface area contributed by atoms with E-state index in [0.717, 1.165) is 0 Å². The Balaban J connectivity index is 1.95. The number of likely N-dealkylation sites (tertiary alicyclic amines) is 1. The number of nitrogens with zero attached hydrogens (tertiary/aromatic N) is 4. The Kier molecular flexibility index (Phi) is 3.58. The molecule has 19 heavy (non-hydrogen) atoms. The molecular formula is C14H25N5. The van der Waals surface area contributed by atoms with E-state index in [-0.39, 0.29) is 5.54 Å². The number of aryl methyl sites for hydroxylation is 1. The molecule has 5 nitrogen and oxygen atoms in total. The molecule has 2 heterocycles. The summed E-state index contributed by atoms with van der Waals surface area (Å²) in [7, 11) is 4.08. The van der Waals surface area contributed by atoms with Gasteiger partial charge in [-0.15, -0.1) is 5.10 Å². The molecule has 0 aromatic carbocycles. The van der Waals surface area contributed by atoms with Crippen LogP contribution in [0.2, 0.25) is 0 Å². The number of likely N-dealkylation sites (N-methyl/N-ethyl adjacent to an activating group) is 1. The minimum Gasteiger partial charge on any atom is -0.310 e. The summed E-state index contributed by atoms with van der Waals surface area (Å²) in [5.41, 5.74) is 1.50. The third kappa shape index (κ3) is 2.09. The Morgan fingerprint density at radius 2 is 1.89 bits per heavy atom. The fourth-order valence-electron chi connectivity index (χ4n) is 4.19. The molecule has 0 spiro atoms. The summed E-state index contributed by atoms with van der Waals surface area (Å²) >= 11 is 0. The first-order valence-electron chi connectivity index (χ1n) is 7.55. The van der Waals surface area contributed by atoms with Crippen molar-refractivity contribution in [2.45, 2.75) is 50.1 Å². The summed E-state index contributed by atoms with van der Waals surface area (Å²) in [5, 5.41) is 11.8. The van der Waals surface area contributed by atoms with Crippen molar-refractivity contribution in [3.8, 4) is 0 Å². The summed E-state index contributed by atoms with van der Waals surface area (Å²) in [6.07, 6.45) is 9.91. The highest BCUT2D eigenvalue weighted by Crippen LogP contribution is 2.45. The van der Waals surface area contributed by atoms with Crippen LogP contribution in [-0.2, 0) is 7.05 Å². The van der Waals surface area contributed by atoms with Crippen LogP contribution in [0.15, 0.2) is 6.20 Å². The first-order valence-corrected chi connectivity index (χ1v) is 7.55. The van der Waals surface area contributed by atoms with E-state index in [4.69, 9.17) is 0 Å². The minimum absolute atomic E-state index is 0.278. The van der Waals surface area contributed by atoms with Gasteiger partial charge in [-0.25, -0.2) is 0 Å². The predicted octanol–water partition coefficient (Wildman–Crippen LogP) is 1.48. The number of nitrogens with one attached hydrogen (secondary N) is 1. The lowest BCUT2D eigenvalue weighted by Crippen LogP contribution is -2.53. The molecule has 1 aromatic heterocycles. The van der Waals surface area contributed by atoms with Gasteiger partial charge in [0.25, 0.3) is 0 Å². The van der Waals surface area contributed by atoms with Gasteiger partial charge < -0.3 is 5.32 Å². The second-order valence-electron chi connectivity index (χ2n) is 6.01.